The van der Waals surface area contributed by atoms with E-state index in [0.29, 0.717) is 27.5 Å². The smallest absolute Gasteiger partial charge is 0.150 e. The highest BCUT2D eigenvalue weighted by molar-refractivity contribution is 6.36. The summed E-state index contributed by atoms with van der Waals surface area (Å²) in [6, 6.07) is 8.88. The van der Waals surface area contributed by atoms with Crippen LogP contribution >= 0.6 is 23.2 Å². The highest BCUT2D eigenvalue weighted by atomic mass is 35.5. The molecule has 2 aromatic rings. The average Bonchev–Trinajstić information content (AvgIpc) is 2.30. The van der Waals surface area contributed by atoms with E-state index in [2.05, 4.69) is 0 Å². The minimum atomic E-state index is -0.431. The monoisotopic (exact) mass is 268 g/mol. The van der Waals surface area contributed by atoms with E-state index < -0.39 is 5.82 Å². The Labute approximate surface area is 108 Å². The average molecular weight is 269 g/mol. The predicted octanol–water partition coefficient (Wildman–Crippen LogP) is 4.61. The summed E-state index contributed by atoms with van der Waals surface area (Å²) in [5.41, 5.74) is 1.20. The molecule has 0 radical (unpaired) electrons. The van der Waals surface area contributed by atoms with Crippen LogP contribution in [0.1, 0.15) is 10.4 Å². The van der Waals surface area contributed by atoms with Crippen LogP contribution in [-0.2, 0) is 0 Å². The van der Waals surface area contributed by atoms with Gasteiger partial charge in [-0.05, 0) is 30.3 Å². The fourth-order valence-electron chi connectivity index (χ4n) is 1.53. The number of hydrogen-bond donors (Lipinski definition) is 0. The molecular formula is C13H7Cl2FO. The van der Waals surface area contributed by atoms with Crippen LogP contribution in [-0.4, -0.2) is 6.29 Å². The molecule has 0 atom stereocenters. The minimum absolute atomic E-state index is 0.288. The SMILES string of the molecule is O=Cc1ccc(F)c(-c2ccc(Cl)cc2Cl)c1. The number of aldehydes is 1. The van der Waals surface area contributed by atoms with Gasteiger partial charge in [-0.3, -0.25) is 4.79 Å². The van der Waals surface area contributed by atoms with Gasteiger partial charge in [0.15, 0.2) is 0 Å². The van der Waals surface area contributed by atoms with Crippen LogP contribution < -0.4 is 0 Å². The molecule has 17 heavy (non-hydrogen) atoms. The molecule has 0 amide bonds. The molecule has 0 saturated heterocycles. The molecule has 2 rings (SSSR count). The Morgan fingerprint density at radius 2 is 1.76 bits per heavy atom. The van der Waals surface area contributed by atoms with Gasteiger partial charge in [0.25, 0.3) is 0 Å². The van der Waals surface area contributed by atoms with Crippen LogP contribution in [0.5, 0.6) is 0 Å². The first-order valence-corrected chi connectivity index (χ1v) is 5.57. The maximum Gasteiger partial charge on any atom is 0.150 e. The lowest BCUT2D eigenvalue weighted by atomic mass is 10.0. The molecule has 0 aliphatic carbocycles. The summed E-state index contributed by atoms with van der Waals surface area (Å²) in [5, 5.41) is 0.824. The molecule has 2 aromatic carbocycles. The molecule has 0 aliphatic rings. The largest absolute Gasteiger partial charge is 0.298 e. The van der Waals surface area contributed by atoms with Crippen LogP contribution in [0.15, 0.2) is 36.4 Å². The summed E-state index contributed by atoms with van der Waals surface area (Å²) in [6.07, 6.45) is 0.659. The van der Waals surface area contributed by atoms with Gasteiger partial charge in [0.1, 0.15) is 12.1 Å². The normalized spacial score (nSPS) is 10.3. The number of carbonyl (C=O) groups is 1. The Kier molecular flexibility index (Phi) is 3.46. The second-order valence-electron chi connectivity index (χ2n) is 3.48. The van der Waals surface area contributed by atoms with Crippen molar-refractivity contribution in [3.63, 3.8) is 0 Å². The third kappa shape index (κ3) is 2.48. The van der Waals surface area contributed by atoms with Crippen LogP contribution in [0.3, 0.4) is 0 Å². The van der Waals surface area contributed by atoms with Crippen LogP contribution in [0.2, 0.25) is 10.0 Å². The van der Waals surface area contributed by atoms with Gasteiger partial charge in [0.05, 0.1) is 0 Å². The molecule has 0 aromatic heterocycles. The number of rotatable bonds is 2. The van der Waals surface area contributed by atoms with Gasteiger partial charge in [0.2, 0.25) is 0 Å². The van der Waals surface area contributed by atoms with Crippen molar-refractivity contribution in [2.45, 2.75) is 0 Å². The molecular weight excluding hydrogens is 262 g/mol. The van der Waals surface area contributed by atoms with Gasteiger partial charge in [-0.15, -0.1) is 0 Å². The zero-order chi connectivity index (χ0) is 12.4. The fraction of sp³-hybridized carbons (Fsp3) is 0. The minimum Gasteiger partial charge on any atom is -0.298 e. The molecule has 0 heterocycles. The maximum atomic E-state index is 13.7. The number of benzene rings is 2. The van der Waals surface area contributed by atoms with E-state index in [1.165, 1.54) is 24.3 Å². The zero-order valence-corrected chi connectivity index (χ0v) is 10.1. The Morgan fingerprint density at radius 3 is 2.41 bits per heavy atom. The maximum absolute atomic E-state index is 13.7. The molecule has 0 N–H and O–H groups in total. The van der Waals surface area contributed by atoms with Crippen molar-refractivity contribution in [1.29, 1.82) is 0 Å². The zero-order valence-electron chi connectivity index (χ0n) is 8.58. The third-order valence-corrected chi connectivity index (χ3v) is 2.90. The Morgan fingerprint density at radius 1 is 1.00 bits per heavy atom. The van der Waals surface area contributed by atoms with Crippen molar-refractivity contribution in [3.05, 3.63) is 57.8 Å². The lowest BCUT2D eigenvalue weighted by Gasteiger charge is -2.07. The summed E-state index contributed by atoms with van der Waals surface area (Å²) >= 11 is 11.8. The topological polar surface area (TPSA) is 17.1 Å². The molecule has 86 valence electrons. The molecule has 0 aliphatic heterocycles. The van der Waals surface area contributed by atoms with Crippen molar-refractivity contribution in [1.82, 2.24) is 0 Å². The van der Waals surface area contributed by atoms with E-state index in [9.17, 15) is 9.18 Å². The highest BCUT2D eigenvalue weighted by Gasteiger charge is 2.10. The molecule has 0 bridgehead atoms. The standard InChI is InChI=1S/C13H7Cl2FO/c14-9-2-3-10(12(15)6-9)11-5-8(7-17)1-4-13(11)16/h1-7H. The number of halogens is 3. The van der Waals surface area contributed by atoms with E-state index in [-0.39, 0.29) is 5.56 Å². The van der Waals surface area contributed by atoms with E-state index in [1.54, 1.807) is 12.1 Å². The van der Waals surface area contributed by atoms with E-state index in [1.807, 2.05) is 0 Å². The van der Waals surface area contributed by atoms with Crippen molar-refractivity contribution >= 4 is 29.5 Å². The Hall–Kier alpha value is -1.38. The van der Waals surface area contributed by atoms with Crippen molar-refractivity contribution < 1.29 is 9.18 Å². The van der Waals surface area contributed by atoms with Crippen LogP contribution in [0.4, 0.5) is 4.39 Å². The van der Waals surface area contributed by atoms with Gasteiger partial charge in [0, 0.05) is 26.7 Å². The first kappa shape index (κ1) is 12.1. The Bertz CT molecular complexity index is 582. The summed E-state index contributed by atoms with van der Waals surface area (Å²) in [6.45, 7) is 0. The van der Waals surface area contributed by atoms with Gasteiger partial charge < -0.3 is 0 Å². The summed E-state index contributed by atoms with van der Waals surface area (Å²) in [7, 11) is 0. The highest BCUT2D eigenvalue weighted by Crippen LogP contribution is 2.32. The first-order chi connectivity index (χ1) is 8.11. The fourth-order valence-corrected chi connectivity index (χ4v) is 2.04. The van der Waals surface area contributed by atoms with Crippen molar-refractivity contribution in [3.8, 4) is 11.1 Å². The van der Waals surface area contributed by atoms with Gasteiger partial charge >= 0.3 is 0 Å². The number of hydrogen-bond acceptors (Lipinski definition) is 1. The van der Waals surface area contributed by atoms with Gasteiger partial charge in [-0.2, -0.15) is 0 Å². The van der Waals surface area contributed by atoms with Crippen molar-refractivity contribution in [2.75, 3.05) is 0 Å². The first-order valence-electron chi connectivity index (χ1n) is 4.82. The molecule has 0 saturated carbocycles. The summed E-state index contributed by atoms with van der Waals surface area (Å²) in [4.78, 5) is 10.7. The molecule has 0 fully saturated rings. The predicted molar refractivity (Wildman–Crippen MR) is 67.2 cm³/mol. The van der Waals surface area contributed by atoms with Gasteiger partial charge in [-0.1, -0.05) is 29.3 Å². The van der Waals surface area contributed by atoms with E-state index >= 15 is 0 Å². The summed E-state index contributed by atoms with van der Waals surface area (Å²) in [5.74, 6) is -0.431. The quantitative estimate of drug-likeness (QED) is 0.727. The van der Waals surface area contributed by atoms with Crippen LogP contribution in [0.25, 0.3) is 11.1 Å². The lowest BCUT2D eigenvalue weighted by Crippen LogP contribution is -1.89. The number of carbonyl (C=O) groups excluding carboxylic acids is 1. The summed E-state index contributed by atoms with van der Waals surface area (Å²) < 4.78 is 13.7. The molecule has 4 heteroatoms. The van der Waals surface area contributed by atoms with Crippen molar-refractivity contribution in [2.24, 2.45) is 0 Å². The van der Waals surface area contributed by atoms with Gasteiger partial charge in [-0.25, -0.2) is 4.39 Å². The lowest BCUT2D eigenvalue weighted by molar-refractivity contribution is 0.112. The second kappa shape index (κ2) is 4.86. The molecule has 0 unspecified atom stereocenters. The van der Waals surface area contributed by atoms with E-state index in [4.69, 9.17) is 23.2 Å². The second-order valence-corrected chi connectivity index (χ2v) is 4.32. The Balaban J connectivity index is 2.63. The van der Waals surface area contributed by atoms with E-state index in [0.717, 1.165) is 0 Å². The molecule has 0 spiro atoms. The van der Waals surface area contributed by atoms with Crippen LogP contribution in [0, 0.1) is 5.82 Å². The molecule has 1 nitrogen and oxygen atoms in total. The third-order valence-electron chi connectivity index (χ3n) is 2.35.